The zero-order valence-electron chi connectivity index (χ0n) is 21.9. The van der Waals surface area contributed by atoms with Crippen molar-refractivity contribution < 1.29 is 17.9 Å². The van der Waals surface area contributed by atoms with Gasteiger partial charge in [-0.15, -0.1) is 0 Å². The number of para-hydroxylation sites is 1. The Kier molecular flexibility index (Phi) is 10.1. The summed E-state index contributed by atoms with van der Waals surface area (Å²) < 4.78 is 34.1. The van der Waals surface area contributed by atoms with Crippen LogP contribution in [0.1, 0.15) is 43.5 Å². The van der Waals surface area contributed by atoms with Crippen LogP contribution in [0.5, 0.6) is 0 Å². The summed E-state index contributed by atoms with van der Waals surface area (Å²) in [5, 5.41) is 1.12. The van der Waals surface area contributed by atoms with Gasteiger partial charge in [0.1, 0.15) is 5.52 Å². The molecule has 0 bridgehead atoms. The van der Waals surface area contributed by atoms with Crippen LogP contribution in [0.4, 0.5) is 5.13 Å². The molecule has 1 amide bonds. The Balaban J connectivity index is 1.57. The number of ether oxygens (including phenoxy) is 1. The monoisotopic (exact) mass is 578 g/mol. The van der Waals surface area contributed by atoms with Crippen molar-refractivity contribution in [1.82, 2.24) is 14.2 Å². The molecule has 1 aromatic heterocycles. The number of benzene rings is 2. The van der Waals surface area contributed by atoms with Gasteiger partial charge in [0.2, 0.25) is 10.0 Å². The molecule has 0 atom stereocenters. The first-order valence-electron chi connectivity index (χ1n) is 13.1. The molecule has 1 aliphatic rings. The number of nitrogens with zero attached hydrogens (tertiary/aromatic N) is 4. The van der Waals surface area contributed by atoms with Gasteiger partial charge in [-0.3, -0.25) is 14.6 Å². The van der Waals surface area contributed by atoms with E-state index in [0.29, 0.717) is 40.9 Å². The Hall–Kier alpha value is -2.08. The Morgan fingerprint density at radius 2 is 1.82 bits per heavy atom. The van der Waals surface area contributed by atoms with Crippen molar-refractivity contribution in [1.29, 1.82) is 0 Å². The number of hydrogen-bond acceptors (Lipinski definition) is 7. The van der Waals surface area contributed by atoms with Crippen molar-refractivity contribution in [3.63, 3.8) is 0 Å². The molecule has 8 nitrogen and oxygen atoms in total. The summed E-state index contributed by atoms with van der Waals surface area (Å²) >= 11 is 7.79. The highest BCUT2D eigenvalue weighted by molar-refractivity contribution is 7.89. The smallest absolute Gasteiger partial charge is 0.260 e. The fraction of sp³-hybridized carbons (Fsp3) is 0.481. The highest BCUT2D eigenvalue weighted by Crippen LogP contribution is 2.33. The second kappa shape index (κ2) is 13.3. The van der Waals surface area contributed by atoms with Gasteiger partial charge in [0.05, 0.1) is 27.8 Å². The predicted octanol–water partition coefficient (Wildman–Crippen LogP) is 5.13. The number of rotatable bonds is 12. The van der Waals surface area contributed by atoms with E-state index in [1.54, 1.807) is 23.1 Å². The van der Waals surface area contributed by atoms with Crippen LogP contribution in [0.3, 0.4) is 0 Å². The van der Waals surface area contributed by atoms with Gasteiger partial charge < -0.3 is 4.74 Å². The minimum Gasteiger partial charge on any atom is -0.379 e. The summed E-state index contributed by atoms with van der Waals surface area (Å²) in [5.41, 5.74) is 1.09. The van der Waals surface area contributed by atoms with Crippen molar-refractivity contribution in [3.05, 3.63) is 53.1 Å². The highest BCUT2D eigenvalue weighted by Gasteiger charge is 2.25. The molecule has 2 heterocycles. The van der Waals surface area contributed by atoms with Gasteiger partial charge >= 0.3 is 0 Å². The average Bonchev–Trinajstić information content (AvgIpc) is 3.37. The lowest BCUT2D eigenvalue weighted by Crippen LogP contribution is -2.39. The number of anilines is 1. The number of halogens is 1. The largest absolute Gasteiger partial charge is 0.379 e. The van der Waals surface area contributed by atoms with E-state index in [1.807, 2.05) is 26.0 Å². The van der Waals surface area contributed by atoms with Crippen molar-refractivity contribution in [2.75, 3.05) is 57.4 Å². The third-order valence-electron chi connectivity index (χ3n) is 6.65. The van der Waals surface area contributed by atoms with E-state index in [0.717, 1.165) is 56.8 Å². The number of hydrogen-bond donors (Lipinski definition) is 0. The van der Waals surface area contributed by atoms with Crippen molar-refractivity contribution in [3.8, 4) is 0 Å². The second-order valence-corrected chi connectivity index (χ2v) is 12.6. The fourth-order valence-electron chi connectivity index (χ4n) is 4.44. The number of unbranched alkanes of at least 4 members (excludes halogenated alkanes) is 1. The molecular formula is C27H35ClN4O4S2. The number of aromatic nitrogens is 1. The van der Waals surface area contributed by atoms with Crippen molar-refractivity contribution >= 4 is 54.2 Å². The SMILES string of the molecule is CCCCN(CC)S(=O)(=O)c1ccc(C(=O)N(CCCN2CCOCC2)c2nc3c(Cl)cccc3s2)cc1. The van der Waals surface area contributed by atoms with Gasteiger partial charge in [0.15, 0.2) is 5.13 Å². The van der Waals surface area contributed by atoms with E-state index >= 15 is 0 Å². The number of sulfonamides is 1. The summed E-state index contributed by atoms with van der Waals surface area (Å²) in [7, 11) is -3.62. The van der Waals surface area contributed by atoms with E-state index in [2.05, 4.69) is 4.90 Å². The zero-order chi connectivity index (χ0) is 27.1. The number of carbonyl (C=O) groups is 1. The third-order valence-corrected chi connectivity index (χ3v) is 9.98. The van der Waals surface area contributed by atoms with Gasteiger partial charge in [0.25, 0.3) is 5.91 Å². The number of amides is 1. The topological polar surface area (TPSA) is 83.1 Å². The molecule has 38 heavy (non-hydrogen) atoms. The lowest BCUT2D eigenvalue weighted by Gasteiger charge is -2.27. The first-order chi connectivity index (χ1) is 18.3. The van der Waals surface area contributed by atoms with Gasteiger partial charge in [-0.25, -0.2) is 13.4 Å². The molecule has 0 unspecified atom stereocenters. The van der Waals surface area contributed by atoms with Crippen LogP contribution < -0.4 is 4.90 Å². The molecule has 1 fully saturated rings. The van der Waals surface area contributed by atoms with Crippen LogP contribution in [0, 0.1) is 0 Å². The van der Waals surface area contributed by atoms with E-state index in [9.17, 15) is 13.2 Å². The van der Waals surface area contributed by atoms with E-state index in [-0.39, 0.29) is 10.8 Å². The van der Waals surface area contributed by atoms with Gasteiger partial charge in [-0.1, -0.05) is 49.3 Å². The summed E-state index contributed by atoms with van der Waals surface area (Å²) in [4.78, 5) is 22.7. The fourth-order valence-corrected chi connectivity index (χ4v) is 7.21. The summed E-state index contributed by atoms with van der Waals surface area (Å²) in [6.45, 7) is 9.30. The molecule has 0 aliphatic carbocycles. The summed E-state index contributed by atoms with van der Waals surface area (Å²) in [6.07, 6.45) is 2.48. The van der Waals surface area contributed by atoms with Crippen molar-refractivity contribution in [2.24, 2.45) is 0 Å². The van der Waals surface area contributed by atoms with Crippen LogP contribution in [0.25, 0.3) is 10.2 Å². The van der Waals surface area contributed by atoms with Gasteiger partial charge in [-0.05, 0) is 49.2 Å². The minimum atomic E-state index is -3.62. The molecule has 3 aromatic rings. The molecule has 0 N–H and O–H groups in total. The van der Waals surface area contributed by atoms with Crippen LogP contribution in [-0.4, -0.2) is 81.0 Å². The zero-order valence-corrected chi connectivity index (χ0v) is 24.3. The Bertz CT molecular complexity index is 1320. The number of morpholine rings is 1. The molecule has 1 aliphatic heterocycles. The third kappa shape index (κ3) is 6.73. The molecule has 11 heteroatoms. The van der Waals surface area contributed by atoms with E-state index in [4.69, 9.17) is 21.3 Å². The predicted molar refractivity (Wildman–Crippen MR) is 154 cm³/mol. The lowest BCUT2D eigenvalue weighted by atomic mass is 10.2. The van der Waals surface area contributed by atoms with Crippen LogP contribution in [0.15, 0.2) is 47.4 Å². The van der Waals surface area contributed by atoms with E-state index in [1.165, 1.54) is 27.8 Å². The first-order valence-corrected chi connectivity index (χ1v) is 15.8. The number of carbonyl (C=O) groups excluding carboxylic acids is 1. The van der Waals surface area contributed by atoms with Crippen molar-refractivity contribution in [2.45, 2.75) is 38.0 Å². The molecule has 206 valence electrons. The number of thiazole rings is 1. The molecule has 0 spiro atoms. The summed E-state index contributed by atoms with van der Waals surface area (Å²) in [5.74, 6) is -0.218. The Labute approximate surface area is 234 Å². The molecular weight excluding hydrogens is 544 g/mol. The second-order valence-electron chi connectivity index (χ2n) is 9.22. The quantitative estimate of drug-likeness (QED) is 0.296. The van der Waals surface area contributed by atoms with Crippen LogP contribution in [-0.2, 0) is 14.8 Å². The lowest BCUT2D eigenvalue weighted by molar-refractivity contribution is 0.0376. The maximum Gasteiger partial charge on any atom is 0.260 e. The molecule has 0 radical (unpaired) electrons. The molecule has 1 saturated heterocycles. The minimum absolute atomic E-state index is 0.192. The van der Waals surface area contributed by atoms with Crippen LogP contribution in [0.2, 0.25) is 5.02 Å². The maximum absolute atomic E-state index is 13.7. The van der Waals surface area contributed by atoms with Gasteiger partial charge in [-0.2, -0.15) is 4.31 Å². The Morgan fingerprint density at radius 1 is 1.08 bits per heavy atom. The maximum atomic E-state index is 13.7. The highest BCUT2D eigenvalue weighted by atomic mass is 35.5. The standard InChI is InChI=1S/C27H35ClN4O4S2/c1-3-5-15-31(4-2)38(34,35)22-12-10-21(11-13-22)26(33)32(16-7-14-30-17-19-36-20-18-30)27-29-25-23(28)8-6-9-24(25)37-27/h6,8-13H,3-5,7,14-20H2,1-2H3. The van der Waals surface area contributed by atoms with E-state index < -0.39 is 10.0 Å². The summed E-state index contributed by atoms with van der Waals surface area (Å²) in [6, 6.07) is 11.8. The normalized spacial score (nSPS) is 14.8. The molecule has 2 aromatic carbocycles. The Morgan fingerprint density at radius 3 is 2.47 bits per heavy atom. The van der Waals surface area contributed by atoms with Crippen LogP contribution >= 0.6 is 22.9 Å². The molecule has 4 rings (SSSR count). The first kappa shape index (κ1) is 28.9. The number of fused-ring (bicyclic) bond motifs is 1. The molecule has 0 saturated carbocycles. The average molecular weight is 579 g/mol. The van der Waals surface area contributed by atoms with Gasteiger partial charge in [0, 0.05) is 44.8 Å².